The number of hydrogen-bond donors (Lipinski definition) is 0. The van der Waals surface area contributed by atoms with Crippen molar-refractivity contribution < 1.29 is 0 Å². The van der Waals surface area contributed by atoms with Crippen molar-refractivity contribution in [1.82, 2.24) is 0 Å². The van der Waals surface area contributed by atoms with E-state index in [2.05, 4.69) is 43.0 Å². The van der Waals surface area contributed by atoms with E-state index in [9.17, 15) is 0 Å². The van der Waals surface area contributed by atoms with Crippen LogP contribution in [0.1, 0.15) is 31.4 Å². The highest BCUT2D eigenvalue weighted by molar-refractivity contribution is 5.35. The molecule has 0 saturated carbocycles. The van der Waals surface area contributed by atoms with E-state index in [1.165, 1.54) is 18.4 Å². The summed E-state index contributed by atoms with van der Waals surface area (Å²) in [5.41, 5.74) is 2.51. The summed E-state index contributed by atoms with van der Waals surface area (Å²) in [5.74, 6) is 5.91. The van der Waals surface area contributed by atoms with E-state index < -0.39 is 0 Å². The molecule has 0 aliphatic carbocycles. The summed E-state index contributed by atoms with van der Waals surface area (Å²) in [4.78, 5) is 0. The van der Waals surface area contributed by atoms with Crippen LogP contribution in [0.2, 0.25) is 0 Å². The fraction of sp³-hybridized carbons (Fsp3) is 0.333. The Balaban J connectivity index is 2.76. The van der Waals surface area contributed by atoms with Crippen LogP contribution in [-0.2, 0) is 6.42 Å². The van der Waals surface area contributed by atoms with Gasteiger partial charge in [0.15, 0.2) is 0 Å². The Bertz CT molecular complexity index is 282. The predicted molar refractivity (Wildman–Crippen MR) is 53.0 cm³/mol. The van der Waals surface area contributed by atoms with Crippen molar-refractivity contribution in [1.29, 1.82) is 0 Å². The van der Waals surface area contributed by atoms with E-state index in [4.69, 9.17) is 0 Å². The number of rotatable bonds is 2. The molecule has 0 aliphatic heterocycles. The smallest absolute Gasteiger partial charge is 0.0245 e. The maximum Gasteiger partial charge on any atom is 0.0245 e. The second-order valence-electron chi connectivity index (χ2n) is 2.82. The van der Waals surface area contributed by atoms with E-state index in [0.717, 1.165) is 5.56 Å². The van der Waals surface area contributed by atoms with E-state index in [1.54, 1.807) is 0 Å². The zero-order valence-electron chi connectivity index (χ0n) is 7.72. The maximum atomic E-state index is 3.03. The van der Waals surface area contributed by atoms with Crippen molar-refractivity contribution in [3.05, 3.63) is 35.4 Å². The van der Waals surface area contributed by atoms with Crippen molar-refractivity contribution in [2.45, 2.75) is 26.7 Å². The maximum absolute atomic E-state index is 3.03. The first-order chi connectivity index (χ1) is 5.86. The Morgan fingerprint density at radius 1 is 1.17 bits per heavy atom. The normalized spacial score (nSPS) is 8.83. The Labute approximate surface area is 74.6 Å². The number of hydrogen-bond acceptors (Lipinski definition) is 0. The minimum atomic E-state index is 1.11. The van der Waals surface area contributed by atoms with Gasteiger partial charge in [-0.25, -0.2) is 0 Å². The molecule has 0 aliphatic rings. The molecule has 0 radical (unpaired) electrons. The van der Waals surface area contributed by atoms with Gasteiger partial charge < -0.3 is 0 Å². The lowest BCUT2D eigenvalue weighted by Crippen LogP contribution is -1.82. The van der Waals surface area contributed by atoms with Gasteiger partial charge in [0.2, 0.25) is 0 Å². The third kappa shape index (κ3) is 2.43. The Morgan fingerprint density at radius 2 is 1.83 bits per heavy atom. The average molecular weight is 158 g/mol. The predicted octanol–water partition coefficient (Wildman–Crippen LogP) is 3.01. The molecule has 0 nitrogen and oxygen atoms in total. The fourth-order valence-corrected chi connectivity index (χ4v) is 1.19. The molecule has 62 valence electrons. The van der Waals surface area contributed by atoms with Gasteiger partial charge in [0.1, 0.15) is 0 Å². The average Bonchev–Trinajstić information content (AvgIpc) is 2.09. The quantitative estimate of drug-likeness (QED) is 0.580. The van der Waals surface area contributed by atoms with Crippen LogP contribution in [-0.4, -0.2) is 0 Å². The summed E-state index contributed by atoms with van der Waals surface area (Å²) in [7, 11) is 0. The van der Waals surface area contributed by atoms with E-state index in [-0.39, 0.29) is 0 Å². The molecule has 0 N–H and O–H groups in total. The first kappa shape index (κ1) is 8.87. The van der Waals surface area contributed by atoms with Crippen LogP contribution in [0.15, 0.2) is 24.3 Å². The minimum absolute atomic E-state index is 1.11. The van der Waals surface area contributed by atoms with Crippen LogP contribution in [0, 0.1) is 11.8 Å². The topological polar surface area (TPSA) is 0 Å². The van der Waals surface area contributed by atoms with Crippen LogP contribution >= 0.6 is 0 Å². The number of benzene rings is 1. The molecular weight excluding hydrogens is 144 g/mol. The molecular formula is C12H14. The highest BCUT2D eigenvalue weighted by Gasteiger charge is 1.89. The summed E-state index contributed by atoms with van der Waals surface area (Å²) in [6.45, 7) is 4.06. The first-order valence-corrected chi connectivity index (χ1v) is 4.38. The van der Waals surface area contributed by atoms with E-state index >= 15 is 0 Å². The van der Waals surface area contributed by atoms with Crippen LogP contribution in [0.3, 0.4) is 0 Å². The molecule has 0 unspecified atom stereocenters. The molecule has 0 fully saturated rings. The Kier molecular flexibility index (Phi) is 3.41. The van der Waals surface area contributed by atoms with Gasteiger partial charge >= 0.3 is 0 Å². The number of aryl methyl sites for hydroxylation is 1. The van der Waals surface area contributed by atoms with Crippen molar-refractivity contribution in [3.63, 3.8) is 0 Å². The summed E-state index contributed by atoms with van der Waals surface area (Å²) >= 11 is 0. The van der Waals surface area contributed by atoms with Crippen molar-refractivity contribution in [2.75, 3.05) is 0 Å². The van der Waals surface area contributed by atoms with E-state index in [0.29, 0.717) is 0 Å². The minimum Gasteiger partial charge on any atom is -0.101 e. The monoisotopic (exact) mass is 158 g/mol. The molecule has 0 saturated heterocycles. The molecule has 0 spiro atoms. The SMILES string of the molecule is CC#Cc1ccc(CCC)cc1. The van der Waals surface area contributed by atoms with Gasteiger partial charge in [-0.3, -0.25) is 0 Å². The molecule has 0 atom stereocenters. The summed E-state index contributed by atoms with van der Waals surface area (Å²) < 4.78 is 0. The van der Waals surface area contributed by atoms with Crippen LogP contribution in [0.4, 0.5) is 0 Å². The molecule has 0 heterocycles. The van der Waals surface area contributed by atoms with Gasteiger partial charge in [-0.05, 0) is 31.0 Å². The molecule has 1 aromatic rings. The molecule has 12 heavy (non-hydrogen) atoms. The van der Waals surface area contributed by atoms with Gasteiger partial charge in [-0.1, -0.05) is 31.4 Å². The van der Waals surface area contributed by atoms with Crippen molar-refractivity contribution >= 4 is 0 Å². The Morgan fingerprint density at radius 3 is 2.33 bits per heavy atom. The lowest BCUT2D eigenvalue weighted by atomic mass is 10.1. The summed E-state index contributed by atoms with van der Waals surface area (Å²) in [5, 5.41) is 0. The highest BCUT2D eigenvalue weighted by Crippen LogP contribution is 2.05. The van der Waals surface area contributed by atoms with Crippen LogP contribution in [0.25, 0.3) is 0 Å². The Hall–Kier alpha value is -1.22. The van der Waals surface area contributed by atoms with Crippen LogP contribution in [0.5, 0.6) is 0 Å². The molecule has 1 rings (SSSR count). The largest absolute Gasteiger partial charge is 0.101 e. The second-order valence-corrected chi connectivity index (χ2v) is 2.82. The zero-order valence-corrected chi connectivity index (χ0v) is 7.72. The first-order valence-electron chi connectivity index (χ1n) is 4.38. The molecule has 1 aromatic carbocycles. The molecule has 0 aromatic heterocycles. The third-order valence-corrected chi connectivity index (χ3v) is 1.76. The van der Waals surface area contributed by atoms with Gasteiger partial charge in [-0.15, -0.1) is 5.92 Å². The van der Waals surface area contributed by atoms with Gasteiger partial charge in [0.25, 0.3) is 0 Å². The fourth-order valence-electron chi connectivity index (χ4n) is 1.19. The lowest BCUT2D eigenvalue weighted by Gasteiger charge is -1.97. The summed E-state index contributed by atoms with van der Waals surface area (Å²) in [6.07, 6.45) is 2.37. The lowest BCUT2D eigenvalue weighted by molar-refractivity contribution is 0.922. The zero-order chi connectivity index (χ0) is 8.81. The van der Waals surface area contributed by atoms with Gasteiger partial charge in [-0.2, -0.15) is 0 Å². The molecule has 0 heteroatoms. The van der Waals surface area contributed by atoms with Gasteiger partial charge in [0, 0.05) is 5.56 Å². The molecule has 0 amide bonds. The molecule has 0 bridgehead atoms. The van der Waals surface area contributed by atoms with Gasteiger partial charge in [0.05, 0.1) is 0 Å². The second kappa shape index (κ2) is 4.62. The third-order valence-electron chi connectivity index (χ3n) is 1.76. The summed E-state index contributed by atoms with van der Waals surface area (Å²) in [6, 6.07) is 8.48. The van der Waals surface area contributed by atoms with Crippen molar-refractivity contribution in [3.8, 4) is 11.8 Å². The highest BCUT2D eigenvalue weighted by atomic mass is 13.9. The standard InChI is InChI=1S/C12H14/c1-3-5-11-7-9-12(6-4-2)10-8-11/h7-10H,3,5H2,1-2H3. The van der Waals surface area contributed by atoms with Crippen LogP contribution < -0.4 is 0 Å². The van der Waals surface area contributed by atoms with Crippen molar-refractivity contribution in [2.24, 2.45) is 0 Å². The van der Waals surface area contributed by atoms with E-state index in [1.807, 2.05) is 6.92 Å².